The summed E-state index contributed by atoms with van der Waals surface area (Å²) in [6.45, 7) is 1.84. The number of aromatic nitrogens is 1. The van der Waals surface area contributed by atoms with Crippen molar-refractivity contribution < 1.29 is 18.7 Å². The lowest BCUT2D eigenvalue weighted by atomic mass is 10.3. The molecule has 0 spiro atoms. The van der Waals surface area contributed by atoms with Crippen molar-refractivity contribution in [2.75, 3.05) is 12.4 Å². The molecule has 3 rings (SSSR count). The normalized spacial score (nSPS) is 10.5. The van der Waals surface area contributed by atoms with Crippen LogP contribution in [0.2, 0.25) is 0 Å². The molecule has 118 valence electrons. The molecule has 0 fully saturated rings. The van der Waals surface area contributed by atoms with Crippen LogP contribution in [0.1, 0.15) is 25.9 Å². The van der Waals surface area contributed by atoms with Crippen molar-refractivity contribution >= 4 is 40.2 Å². The second kappa shape index (κ2) is 6.35. The SMILES string of the molecule is COC(=O)c1sccc1NC(=O)c1csc(-c2ccc(C)o2)n1. The minimum Gasteiger partial charge on any atom is -0.465 e. The molecule has 0 radical (unpaired) electrons. The van der Waals surface area contributed by atoms with Gasteiger partial charge in [0.15, 0.2) is 10.8 Å². The molecule has 3 aromatic heterocycles. The first-order valence-corrected chi connectivity index (χ1v) is 8.34. The van der Waals surface area contributed by atoms with Crippen LogP contribution in [0, 0.1) is 6.92 Å². The van der Waals surface area contributed by atoms with Crippen LogP contribution in [0.25, 0.3) is 10.8 Å². The number of carbonyl (C=O) groups is 2. The Hall–Kier alpha value is -2.45. The predicted octanol–water partition coefficient (Wildman–Crippen LogP) is 3.81. The van der Waals surface area contributed by atoms with Crippen LogP contribution < -0.4 is 5.32 Å². The molecule has 0 aliphatic heterocycles. The lowest BCUT2D eigenvalue weighted by Gasteiger charge is -2.03. The van der Waals surface area contributed by atoms with E-state index in [0.29, 0.717) is 21.3 Å². The monoisotopic (exact) mass is 348 g/mol. The van der Waals surface area contributed by atoms with Crippen LogP contribution in [-0.4, -0.2) is 24.0 Å². The van der Waals surface area contributed by atoms with Crippen LogP contribution >= 0.6 is 22.7 Å². The number of thiazole rings is 1. The Morgan fingerprint density at radius 2 is 2.09 bits per heavy atom. The molecule has 0 aliphatic rings. The summed E-state index contributed by atoms with van der Waals surface area (Å²) in [5.74, 6) is 0.527. The maximum atomic E-state index is 12.3. The molecule has 0 atom stereocenters. The number of ether oxygens (including phenoxy) is 1. The highest BCUT2D eigenvalue weighted by Gasteiger charge is 2.18. The van der Waals surface area contributed by atoms with Gasteiger partial charge in [-0.2, -0.15) is 0 Å². The molecular formula is C15H12N2O4S2. The van der Waals surface area contributed by atoms with Crippen molar-refractivity contribution in [1.82, 2.24) is 4.98 Å². The van der Waals surface area contributed by atoms with Crippen molar-refractivity contribution in [2.24, 2.45) is 0 Å². The van der Waals surface area contributed by atoms with Gasteiger partial charge in [0, 0.05) is 5.38 Å². The maximum absolute atomic E-state index is 12.3. The molecule has 3 heterocycles. The molecule has 8 heteroatoms. The van der Waals surface area contributed by atoms with Gasteiger partial charge in [0.25, 0.3) is 5.91 Å². The number of methoxy groups -OCH3 is 1. The number of aryl methyl sites for hydroxylation is 1. The topological polar surface area (TPSA) is 81.4 Å². The van der Waals surface area contributed by atoms with E-state index < -0.39 is 5.97 Å². The average Bonchev–Trinajstić information content (AvgIpc) is 3.25. The van der Waals surface area contributed by atoms with Gasteiger partial charge in [-0.25, -0.2) is 9.78 Å². The van der Waals surface area contributed by atoms with Crippen LogP contribution in [0.15, 0.2) is 33.4 Å². The van der Waals surface area contributed by atoms with E-state index in [4.69, 9.17) is 4.42 Å². The molecule has 1 amide bonds. The Morgan fingerprint density at radius 1 is 1.26 bits per heavy atom. The molecule has 23 heavy (non-hydrogen) atoms. The number of carbonyl (C=O) groups excluding carboxylic acids is 2. The van der Waals surface area contributed by atoms with Crippen LogP contribution in [0.5, 0.6) is 0 Å². The number of thiophene rings is 1. The third-order valence-corrected chi connectivity index (χ3v) is 4.72. The summed E-state index contributed by atoms with van der Waals surface area (Å²) in [7, 11) is 1.30. The third-order valence-electron chi connectivity index (χ3n) is 2.97. The number of amides is 1. The van der Waals surface area contributed by atoms with Gasteiger partial charge in [0.2, 0.25) is 0 Å². The molecule has 0 unspecified atom stereocenters. The summed E-state index contributed by atoms with van der Waals surface area (Å²) >= 11 is 2.52. The molecule has 0 saturated carbocycles. The number of nitrogens with one attached hydrogen (secondary N) is 1. The summed E-state index contributed by atoms with van der Waals surface area (Å²) in [5.41, 5.74) is 0.677. The van der Waals surface area contributed by atoms with Gasteiger partial charge in [0.1, 0.15) is 16.3 Å². The summed E-state index contributed by atoms with van der Waals surface area (Å²) in [6, 6.07) is 5.30. The number of hydrogen-bond acceptors (Lipinski definition) is 7. The Kier molecular flexibility index (Phi) is 4.26. The van der Waals surface area contributed by atoms with Crippen molar-refractivity contribution in [2.45, 2.75) is 6.92 Å². The second-order valence-corrected chi connectivity index (χ2v) is 6.33. The molecule has 1 N–H and O–H groups in total. The predicted molar refractivity (Wildman–Crippen MR) is 88.2 cm³/mol. The summed E-state index contributed by atoms with van der Waals surface area (Å²) in [5, 5.41) is 6.66. The highest BCUT2D eigenvalue weighted by molar-refractivity contribution is 7.13. The Bertz CT molecular complexity index is 862. The van der Waals surface area contributed by atoms with Crippen molar-refractivity contribution in [3.63, 3.8) is 0 Å². The first-order chi connectivity index (χ1) is 11.1. The standard InChI is InChI=1S/C15H12N2O4S2/c1-8-3-4-11(21-8)14-17-10(7-23-14)13(18)16-9-5-6-22-12(9)15(19)20-2/h3-7H,1-2H3,(H,16,18). The van der Waals surface area contributed by atoms with Crippen molar-refractivity contribution in [1.29, 1.82) is 0 Å². The fraction of sp³-hybridized carbons (Fsp3) is 0.133. The van der Waals surface area contributed by atoms with E-state index in [1.165, 1.54) is 29.8 Å². The Labute approximate surface area is 139 Å². The van der Waals surface area contributed by atoms with Gasteiger partial charge < -0.3 is 14.5 Å². The van der Waals surface area contributed by atoms with Crippen molar-refractivity contribution in [3.8, 4) is 10.8 Å². The van der Waals surface area contributed by atoms with Gasteiger partial charge in [-0.3, -0.25) is 4.79 Å². The molecule has 0 aliphatic carbocycles. The van der Waals surface area contributed by atoms with Crippen LogP contribution in [-0.2, 0) is 4.74 Å². The smallest absolute Gasteiger partial charge is 0.350 e. The number of esters is 1. The molecule has 0 saturated heterocycles. The minimum absolute atomic E-state index is 0.265. The van der Waals surface area contributed by atoms with Crippen LogP contribution in [0.3, 0.4) is 0 Å². The largest absolute Gasteiger partial charge is 0.465 e. The fourth-order valence-electron chi connectivity index (χ4n) is 1.89. The number of furan rings is 1. The van der Waals surface area contributed by atoms with Crippen molar-refractivity contribution in [3.05, 3.63) is 45.3 Å². The Balaban J connectivity index is 1.78. The highest BCUT2D eigenvalue weighted by Crippen LogP contribution is 2.27. The lowest BCUT2D eigenvalue weighted by molar-refractivity contribution is 0.0607. The van der Waals surface area contributed by atoms with E-state index >= 15 is 0 Å². The molecule has 3 aromatic rings. The first-order valence-electron chi connectivity index (χ1n) is 6.58. The molecule has 0 bridgehead atoms. The quantitative estimate of drug-likeness (QED) is 0.725. The zero-order valence-corrected chi connectivity index (χ0v) is 13.9. The van der Waals surface area contributed by atoms with E-state index in [1.54, 1.807) is 16.8 Å². The zero-order chi connectivity index (χ0) is 16.4. The number of anilines is 1. The summed E-state index contributed by atoms with van der Waals surface area (Å²) < 4.78 is 10.2. The van der Waals surface area contributed by atoms with Gasteiger partial charge in [0.05, 0.1) is 12.8 Å². The van der Waals surface area contributed by atoms with Gasteiger partial charge >= 0.3 is 5.97 Å². The fourth-order valence-corrected chi connectivity index (χ4v) is 3.41. The third kappa shape index (κ3) is 3.17. The van der Waals surface area contributed by atoms with E-state index in [9.17, 15) is 9.59 Å². The molecule has 6 nitrogen and oxygen atoms in total. The summed E-state index contributed by atoms with van der Waals surface area (Å²) in [6.07, 6.45) is 0. The molecular weight excluding hydrogens is 336 g/mol. The Morgan fingerprint density at radius 3 is 2.78 bits per heavy atom. The van der Waals surface area contributed by atoms with E-state index in [2.05, 4.69) is 15.0 Å². The second-order valence-electron chi connectivity index (χ2n) is 4.56. The van der Waals surface area contributed by atoms with Gasteiger partial charge in [-0.15, -0.1) is 22.7 Å². The van der Waals surface area contributed by atoms with Gasteiger partial charge in [-0.1, -0.05) is 0 Å². The van der Waals surface area contributed by atoms with Gasteiger partial charge in [-0.05, 0) is 30.5 Å². The zero-order valence-electron chi connectivity index (χ0n) is 12.3. The van der Waals surface area contributed by atoms with E-state index in [1.807, 2.05) is 19.1 Å². The minimum atomic E-state index is -0.486. The number of rotatable bonds is 4. The van der Waals surface area contributed by atoms with E-state index in [0.717, 1.165) is 5.76 Å². The maximum Gasteiger partial charge on any atom is 0.350 e. The molecule has 0 aromatic carbocycles. The lowest BCUT2D eigenvalue weighted by Crippen LogP contribution is -2.14. The number of hydrogen-bond donors (Lipinski definition) is 1. The summed E-state index contributed by atoms with van der Waals surface area (Å²) in [4.78, 5) is 28.5. The average molecular weight is 348 g/mol. The highest BCUT2D eigenvalue weighted by atomic mass is 32.1. The van der Waals surface area contributed by atoms with Crippen LogP contribution in [0.4, 0.5) is 5.69 Å². The van der Waals surface area contributed by atoms with E-state index in [-0.39, 0.29) is 11.6 Å². The number of nitrogens with zero attached hydrogens (tertiary/aromatic N) is 1. The first kappa shape index (κ1) is 15.4.